The third-order valence-electron chi connectivity index (χ3n) is 4.11. The molecule has 0 aromatic heterocycles. The zero-order chi connectivity index (χ0) is 11.8. The third kappa shape index (κ3) is 2.57. The highest BCUT2D eigenvalue weighted by Gasteiger charge is 2.29. The van der Waals surface area contributed by atoms with Gasteiger partial charge in [0.25, 0.3) is 0 Å². The molecule has 0 aliphatic heterocycles. The van der Waals surface area contributed by atoms with Gasteiger partial charge in [0.2, 0.25) is 0 Å². The average Bonchev–Trinajstić information content (AvgIpc) is 2.98. The molecule has 2 aliphatic rings. The standard InChI is InChI=1S/C15H24O/c1-11-5-4-10-15(2,3)13(11)8-9-14(16)12-6-7-12/h8-9,12,14,16H,4-7,10H2,1-3H3. The molecule has 16 heavy (non-hydrogen) atoms. The van der Waals surface area contributed by atoms with Crippen LogP contribution in [0.1, 0.15) is 52.9 Å². The Morgan fingerprint density at radius 2 is 2.06 bits per heavy atom. The van der Waals surface area contributed by atoms with Gasteiger partial charge in [-0.1, -0.05) is 31.6 Å². The van der Waals surface area contributed by atoms with Gasteiger partial charge in [0.05, 0.1) is 6.10 Å². The smallest absolute Gasteiger partial charge is 0.0752 e. The average molecular weight is 220 g/mol. The maximum atomic E-state index is 9.87. The summed E-state index contributed by atoms with van der Waals surface area (Å²) in [6.45, 7) is 6.88. The van der Waals surface area contributed by atoms with Gasteiger partial charge in [-0.3, -0.25) is 0 Å². The zero-order valence-electron chi connectivity index (χ0n) is 10.8. The van der Waals surface area contributed by atoms with E-state index in [-0.39, 0.29) is 6.10 Å². The second kappa shape index (κ2) is 4.37. The topological polar surface area (TPSA) is 20.2 Å². The molecule has 0 aromatic rings. The van der Waals surface area contributed by atoms with Crippen molar-refractivity contribution < 1.29 is 5.11 Å². The summed E-state index contributed by atoms with van der Waals surface area (Å²) in [6, 6.07) is 0. The van der Waals surface area contributed by atoms with Gasteiger partial charge in [0.1, 0.15) is 0 Å². The molecule has 0 heterocycles. The van der Waals surface area contributed by atoms with Crippen LogP contribution < -0.4 is 0 Å². The lowest BCUT2D eigenvalue weighted by molar-refractivity contribution is 0.199. The van der Waals surface area contributed by atoms with Crippen LogP contribution in [0.5, 0.6) is 0 Å². The van der Waals surface area contributed by atoms with E-state index in [1.165, 1.54) is 43.3 Å². The summed E-state index contributed by atoms with van der Waals surface area (Å²) in [7, 11) is 0. The van der Waals surface area contributed by atoms with E-state index in [1.807, 2.05) is 6.08 Å². The largest absolute Gasteiger partial charge is 0.389 e. The van der Waals surface area contributed by atoms with Crippen LogP contribution in [-0.2, 0) is 0 Å². The van der Waals surface area contributed by atoms with Crippen molar-refractivity contribution in [2.45, 2.75) is 59.0 Å². The van der Waals surface area contributed by atoms with E-state index >= 15 is 0 Å². The molecule has 1 unspecified atom stereocenters. The van der Waals surface area contributed by atoms with E-state index in [0.29, 0.717) is 11.3 Å². The number of rotatable bonds is 3. The van der Waals surface area contributed by atoms with Crippen molar-refractivity contribution in [2.75, 3.05) is 0 Å². The molecule has 0 spiro atoms. The number of aliphatic hydroxyl groups is 1. The minimum atomic E-state index is -0.210. The van der Waals surface area contributed by atoms with Crippen LogP contribution in [0, 0.1) is 11.3 Å². The van der Waals surface area contributed by atoms with Crippen molar-refractivity contribution in [1.82, 2.24) is 0 Å². The fraction of sp³-hybridized carbons (Fsp3) is 0.733. The van der Waals surface area contributed by atoms with E-state index in [9.17, 15) is 5.11 Å². The summed E-state index contributed by atoms with van der Waals surface area (Å²) in [6.07, 6.45) is 10.2. The Labute approximate surface area is 99.3 Å². The Kier molecular flexibility index (Phi) is 3.25. The minimum absolute atomic E-state index is 0.210. The van der Waals surface area contributed by atoms with Crippen LogP contribution in [0.25, 0.3) is 0 Å². The van der Waals surface area contributed by atoms with Gasteiger partial charge < -0.3 is 5.11 Å². The second-order valence-electron chi connectivity index (χ2n) is 6.12. The fourth-order valence-corrected chi connectivity index (χ4v) is 2.80. The summed E-state index contributed by atoms with van der Waals surface area (Å²) in [4.78, 5) is 0. The van der Waals surface area contributed by atoms with Gasteiger partial charge in [-0.05, 0) is 55.9 Å². The molecule has 0 amide bonds. The van der Waals surface area contributed by atoms with E-state index in [1.54, 1.807) is 0 Å². The molecule has 0 aromatic carbocycles. The van der Waals surface area contributed by atoms with Crippen molar-refractivity contribution in [3.05, 3.63) is 23.3 Å². The van der Waals surface area contributed by atoms with Crippen LogP contribution in [0.4, 0.5) is 0 Å². The first-order chi connectivity index (χ1) is 7.50. The predicted molar refractivity (Wildman–Crippen MR) is 68.2 cm³/mol. The van der Waals surface area contributed by atoms with E-state index < -0.39 is 0 Å². The highest BCUT2D eigenvalue weighted by molar-refractivity contribution is 5.33. The van der Waals surface area contributed by atoms with Crippen LogP contribution in [0.3, 0.4) is 0 Å². The second-order valence-corrected chi connectivity index (χ2v) is 6.12. The maximum absolute atomic E-state index is 9.87. The van der Waals surface area contributed by atoms with E-state index in [0.717, 1.165) is 0 Å². The van der Waals surface area contributed by atoms with Gasteiger partial charge in [-0.15, -0.1) is 0 Å². The highest BCUT2D eigenvalue weighted by atomic mass is 16.3. The summed E-state index contributed by atoms with van der Waals surface area (Å²) in [5.74, 6) is 0.545. The van der Waals surface area contributed by atoms with Crippen LogP contribution in [-0.4, -0.2) is 11.2 Å². The van der Waals surface area contributed by atoms with Crippen LogP contribution >= 0.6 is 0 Å². The van der Waals surface area contributed by atoms with E-state index in [2.05, 4.69) is 26.8 Å². The molecule has 0 saturated heterocycles. The Hall–Kier alpha value is -0.560. The fourth-order valence-electron chi connectivity index (χ4n) is 2.80. The van der Waals surface area contributed by atoms with Gasteiger partial charge in [-0.2, -0.15) is 0 Å². The quantitative estimate of drug-likeness (QED) is 0.766. The normalized spacial score (nSPS) is 27.5. The summed E-state index contributed by atoms with van der Waals surface area (Å²) < 4.78 is 0. The Bertz CT molecular complexity index is 318. The molecule has 1 saturated carbocycles. The SMILES string of the molecule is CC1=C(C=CC(O)C2CC2)C(C)(C)CCC1. The first-order valence-electron chi connectivity index (χ1n) is 6.57. The number of aliphatic hydroxyl groups excluding tert-OH is 1. The maximum Gasteiger partial charge on any atom is 0.0752 e. The highest BCUT2D eigenvalue weighted by Crippen LogP contribution is 2.41. The molecule has 0 bridgehead atoms. The summed E-state index contributed by atoms with van der Waals surface area (Å²) >= 11 is 0. The van der Waals surface area contributed by atoms with Crippen molar-refractivity contribution in [1.29, 1.82) is 0 Å². The molecular formula is C15H24O. The van der Waals surface area contributed by atoms with Crippen LogP contribution in [0.15, 0.2) is 23.3 Å². The minimum Gasteiger partial charge on any atom is -0.389 e. The van der Waals surface area contributed by atoms with Gasteiger partial charge in [0, 0.05) is 0 Å². The number of hydrogen-bond donors (Lipinski definition) is 1. The molecule has 0 radical (unpaired) electrons. The summed E-state index contributed by atoms with van der Waals surface area (Å²) in [5, 5.41) is 9.87. The lowest BCUT2D eigenvalue weighted by Gasteiger charge is -2.33. The number of hydrogen-bond acceptors (Lipinski definition) is 1. The van der Waals surface area contributed by atoms with Crippen LogP contribution in [0.2, 0.25) is 0 Å². The van der Waals surface area contributed by atoms with Gasteiger partial charge in [-0.25, -0.2) is 0 Å². The Balaban J connectivity index is 2.11. The van der Waals surface area contributed by atoms with Gasteiger partial charge in [0.15, 0.2) is 0 Å². The van der Waals surface area contributed by atoms with Gasteiger partial charge >= 0.3 is 0 Å². The third-order valence-corrected chi connectivity index (χ3v) is 4.11. The lowest BCUT2D eigenvalue weighted by atomic mass is 9.72. The zero-order valence-corrected chi connectivity index (χ0v) is 10.8. The molecule has 1 heteroatoms. The molecule has 90 valence electrons. The van der Waals surface area contributed by atoms with Crippen molar-refractivity contribution in [3.8, 4) is 0 Å². The molecule has 1 nitrogen and oxygen atoms in total. The Morgan fingerprint density at radius 1 is 1.38 bits per heavy atom. The van der Waals surface area contributed by atoms with Crippen molar-refractivity contribution >= 4 is 0 Å². The van der Waals surface area contributed by atoms with Crippen molar-refractivity contribution in [3.63, 3.8) is 0 Å². The molecule has 2 aliphatic carbocycles. The molecule has 1 N–H and O–H groups in total. The monoisotopic (exact) mass is 220 g/mol. The van der Waals surface area contributed by atoms with E-state index in [4.69, 9.17) is 0 Å². The molecule has 1 atom stereocenters. The molecule has 1 fully saturated rings. The first-order valence-corrected chi connectivity index (χ1v) is 6.57. The molecule has 2 rings (SSSR count). The summed E-state index contributed by atoms with van der Waals surface area (Å²) in [5.41, 5.74) is 3.26. The Morgan fingerprint density at radius 3 is 2.62 bits per heavy atom. The first kappa shape index (κ1) is 11.9. The molecular weight excluding hydrogens is 196 g/mol. The number of allylic oxidation sites excluding steroid dienone is 3. The predicted octanol–water partition coefficient (Wildman–Crippen LogP) is 3.84. The van der Waals surface area contributed by atoms with Crippen molar-refractivity contribution in [2.24, 2.45) is 11.3 Å². The lowest BCUT2D eigenvalue weighted by Crippen LogP contribution is -2.19.